The summed E-state index contributed by atoms with van der Waals surface area (Å²) in [6.07, 6.45) is 5.37. The van der Waals surface area contributed by atoms with E-state index in [1.165, 1.54) is 0 Å². The number of rotatable bonds is 4. The number of carboxylic acids is 1. The summed E-state index contributed by atoms with van der Waals surface area (Å²) in [5, 5.41) is 11.2. The molecule has 90 valence electrons. The van der Waals surface area contributed by atoms with Crippen LogP contribution >= 0.6 is 0 Å². The Morgan fingerprint density at radius 1 is 1.53 bits per heavy atom. The number of carbonyl (C=O) groups is 1. The summed E-state index contributed by atoms with van der Waals surface area (Å²) in [6, 6.07) is 1.21. The van der Waals surface area contributed by atoms with Crippen LogP contribution in [0, 0.1) is 24.0 Å². The predicted octanol–water partition coefficient (Wildman–Crippen LogP) is 2.49. The maximum absolute atomic E-state index is 13.5. The third kappa shape index (κ3) is 3.18. The van der Waals surface area contributed by atoms with Gasteiger partial charge in [0.2, 0.25) is 0 Å². The van der Waals surface area contributed by atoms with Crippen LogP contribution in [0.2, 0.25) is 0 Å². The van der Waals surface area contributed by atoms with Crippen LogP contribution in [0.25, 0.3) is 0 Å². The van der Waals surface area contributed by atoms with Crippen molar-refractivity contribution < 1.29 is 18.7 Å². The molecule has 0 saturated carbocycles. The molecule has 0 aliphatic carbocycles. The third-order valence-electron chi connectivity index (χ3n) is 2.10. The fourth-order valence-electron chi connectivity index (χ4n) is 1.31. The van der Waals surface area contributed by atoms with Crippen LogP contribution in [-0.2, 0) is 0 Å². The molecule has 0 fully saturated rings. The smallest absolute Gasteiger partial charge is 0.335 e. The second kappa shape index (κ2) is 5.30. The Labute approximate surface area is 97.5 Å². The minimum Gasteiger partial charge on any atom is -0.478 e. The molecule has 1 rings (SSSR count). The molecule has 17 heavy (non-hydrogen) atoms. The molecular formula is C12H11F2NO2. The molecule has 5 heteroatoms. The number of anilines is 1. The molecule has 0 aliphatic rings. The number of benzene rings is 1. The highest BCUT2D eigenvalue weighted by molar-refractivity contribution is 5.88. The van der Waals surface area contributed by atoms with Crippen LogP contribution < -0.4 is 5.32 Å². The molecular weight excluding hydrogens is 228 g/mol. The highest BCUT2D eigenvalue weighted by atomic mass is 19.1. The molecule has 2 N–H and O–H groups in total. The first-order chi connectivity index (χ1) is 7.95. The maximum Gasteiger partial charge on any atom is 0.335 e. The molecule has 1 aromatic rings. The van der Waals surface area contributed by atoms with Crippen molar-refractivity contribution in [2.24, 2.45) is 0 Å². The number of carboxylic acid groups (broad SMARTS) is 1. The maximum atomic E-state index is 13.5. The zero-order valence-electron chi connectivity index (χ0n) is 9.13. The SMILES string of the molecule is C#CCC(C)Nc1c(F)cc(C(=O)O)cc1F. The largest absolute Gasteiger partial charge is 0.478 e. The van der Waals surface area contributed by atoms with Crippen LogP contribution in [0.4, 0.5) is 14.5 Å². The topological polar surface area (TPSA) is 49.3 Å². The van der Waals surface area contributed by atoms with Crippen LogP contribution in [-0.4, -0.2) is 17.1 Å². The fourth-order valence-corrected chi connectivity index (χ4v) is 1.31. The Bertz CT molecular complexity index is 457. The van der Waals surface area contributed by atoms with E-state index in [9.17, 15) is 13.6 Å². The first-order valence-electron chi connectivity index (χ1n) is 4.88. The van der Waals surface area contributed by atoms with E-state index < -0.39 is 23.2 Å². The van der Waals surface area contributed by atoms with E-state index in [4.69, 9.17) is 11.5 Å². The zero-order chi connectivity index (χ0) is 13.0. The van der Waals surface area contributed by atoms with E-state index in [0.717, 1.165) is 12.1 Å². The lowest BCUT2D eigenvalue weighted by Crippen LogP contribution is -2.17. The number of nitrogens with one attached hydrogen (secondary N) is 1. The summed E-state index contributed by atoms with van der Waals surface area (Å²) < 4.78 is 26.9. The van der Waals surface area contributed by atoms with Crippen molar-refractivity contribution >= 4 is 11.7 Å². The van der Waals surface area contributed by atoms with Crippen molar-refractivity contribution in [1.29, 1.82) is 0 Å². The van der Waals surface area contributed by atoms with Gasteiger partial charge in [-0.3, -0.25) is 0 Å². The predicted molar refractivity (Wildman–Crippen MR) is 59.9 cm³/mol. The van der Waals surface area contributed by atoms with Gasteiger partial charge >= 0.3 is 5.97 Å². The van der Waals surface area contributed by atoms with Gasteiger partial charge in [0.05, 0.1) is 5.56 Å². The Morgan fingerprint density at radius 3 is 2.47 bits per heavy atom. The molecule has 0 aromatic heterocycles. The van der Waals surface area contributed by atoms with Gasteiger partial charge in [0.25, 0.3) is 0 Å². The quantitative estimate of drug-likeness (QED) is 0.793. The van der Waals surface area contributed by atoms with E-state index in [1.54, 1.807) is 6.92 Å². The molecule has 1 aromatic carbocycles. The number of hydrogen-bond acceptors (Lipinski definition) is 2. The Hall–Kier alpha value is -2.09. The minimum atomic E-state index is -1.38. The normalized spacial score (nSPS) is 11.6. The Morgan fingerprint density at radius 2 is 2.06 bits per heavy atom. The molecule has 3 nitrogen and oxygen atoms in total. The van der Waals surface area contributed by atoms with Gasteiger partial charge in [0.1, 0.15) is 17.3 Å². The van der Waals surface area contributed by atoms with Crippen molar-refractivity contribution in [1.82, 2.24) is 0 Å². The highest BCUT2D eigenvalue weighted by Gasteiger charge is 2.15. The van der Waals surface area contributed by atoms with Crippen molar-refractivity contribution in [3.8, 4) is 12.3 Å². The van der Waals surface area contributed by atoms with Crippen LogP contribution in [0.5, 0.6) is 0 Å². The summed E-state index contributed by atoms with van der Waals surface area (Å²) >= 11 is 0. The second-order valence-electron chi connectivity index (χ2n) is 3.57. The van der Waals surface area contributed by atoms with Crippen molar-refractivity contribution in [2.45, 2.75) is 19.4 Å². The van der Waals surface area contributed by atoms with Gasteiger partial charge in [-0.05, 0) is 19.1 Å². The number of terminal acetylenes is 1. The van der Waals surface area contributed by atoms with Crippen molar-refractivity contribution in [3.63, 3.8) is 0 Å². The first kappa shape index (κ1) is 13.0. The van der Waals surface area contributed by atoms with E-state index in [-0.39, 0.29) is 11.7 Å². The monoisotopic (exact) mass is 239 g/mol. The molecule has 0 spiro atoms. The molecule has 0 aliphatic heterocycles. The third-order valence-corrected chi connectivity index (χ3v) is 2.10. The summed E-state index contributed by atoms with van der Waals surface area (Å²) in [6.45, 7) is 1.67. The van der Waals surface area contributed by atoms with E-state index in [1.807, 2.05) is 0 Å². The number of aromatic carboxylic acids is 1. The van der Waals surface area contributed by atoms with Gasteiger partial charge in [-0.1, -0.05) is 0 Å². The number of hydrogen-bond donors (Lipinski definition) is 2. The summed E-state index contributed by atoms with van der Waals surface area (Å²) in [5.41, 5.74) is -0.798. The van der Waals surface area contributed by atoms with Gasteiger partial charge in [0, 0.05) is 12.5 Å². The molecule has 0 radical (unpaired) electrons. The van der Waals surface area contributed by atoms with Gasteiger partial charge < -0.3 is 10.4 Å². The average Bonchev–Trinajstić information content (AvgIpc) is 2.23. The first-order valence-corrected chi connectivity index (χ1v) is 4.88. The number of halogens is 2. The van der Waals surface area contributed by atoms with Crippen LogP contribution in [0.1, 0.15) is 23.7 Å². The molecule has 0 bridgehead atoms. The highest BCUT2D eigenvalue weighted by Crippen LogP contribution is 2.22. The van der Waals surface area contributed by atoms with Gasteiger partial charge in [0.15, 0.2) is 0 Å². The van der Waals surface area contributed by atoms with Crippen molar-refractivity contribution in [2.75, 3.05) is 5.32 Å². The van der Waals surface area contributed by atoms with E-state index >= 15 is 0 Å². The van der Waals surface area contributed by atoms with Gasteiger partial charge in [-0.2, -0.15) is 0 Å². The lowest BCUT2D eigenvalue weighted by Gasteiger charge is -2.14. The lowest BCUT2D eigenvalue weighted by atomic mass is 10.1. The molecule has 1 unspecified atom stereocenters. The molecule has 0 amide bonds. The molecule has 0 heterocycles. The second-order valence-corrected chi connectivity index (χ2v) is 3.57. The van der Waals surface area contributed by atoms with Gasteiger partial charge in [-0.25, -0.2) is 13.6 Å². The summed E-state index contributed by atoms with van der Waals surface area (Å²) in [7, 11) is 0. The fraction of sp³-hybridized carbons (Fsp3) is 0.250. The Balaban J connectivity index is 3.02. The zero-order valence-corrected chi connectivity index (χ0v) is 9.13. The molecule has 0 saturated heterocycles. The lowest BCUT2D eigenvalue weighted by molar-refractivity contribution is 0.0696. The van der Waals surface area contributed by atoms with Crippen LogP contribution in [0.3, 0.4) is 0 Å². The summed E-state index contributed by atoms with van der Waals surface area (Å²) in [4.78, 5) is 10.6. The standard InChI is InChI=1S/C12H11F2NO2/c1-3-4-7(2)15-11-9(13)5-8(12(16)17)6-10(11)14/h1,5-7,15H,4H2,2H3,(H,16,17). The van der Waals surface area contributed by atoms with E-state index in [0.29, 0.717) is 6.42 Å². The van der Waals surface area contributed by atoms with Gasteiger partial charge in [-0.15, -0.1) is 12.3 Å². The summed E-state index contributed by atoms with van der Waals surface area (Å²) in [5.74, 6) is -0.934. The average molecular weight is 239 g/mol. The molecule has 1 atom stereocenters. The van der Waals surface area contributed by atoms with E-state index in [2.05, 4.69) is 11.2 Å². The minimum absolute atomic E-state index is 0.305. The van der Waals surface area contributed by atoms with Crippen LogP contribution in [0.15, 0.2) is 12.1 Å². The Kier molecular flexibility index (Phi) is 4.05. The van der Waals surface area contributed by atoms with Crippen molar-refractivity contribution in [3.05, 3.63) is 29.3 Å².